The molecule has 6 heteroatoms. The van der Waals surface area contributed by atoms with Crippen LogP contribution in [0.3, 0.4) is 0 Å². The number of hydrogen-bond acceptors (Lipinski definition) is 4. The lowest BCUT2D eigenvalue weighted by Gasteiger charge is -2.15. The Morgan fingerprint density at radius 1 is 1.08 bits per heavy atom. The van der Waals surface area contributed by atoms with Crippen molar-refractivity contribution in [2.24, 2.45) is 0 Å². The third-order valence-electron chi connectivity index (χ3n) is 4.29. The maximum Gasteiger partial charge on any atom is 0.227 e. The van der Waals surface area contributed by atoms with Gasteiger partial charge < -0.3 is 9.32 Å². The molecule has 1 atom stereocenters. The van der Waals surface area contributed by atoms with E-state index < -0.39 is 0 Å². The molecule has 126 valence electrons. The van der Waals surface area contributed by atoms with E-state index in [1.807, 2.05) is 54.6 Å². The van der Waals surface area contributed by atoms with Crippen LogP contribution in [0.1, 0.15) is 29.7 Å². The standard InChI is InChI=1S/C19H16ClN3O2/c20-15-8-6-13(7-9-15)10-17-21-22-19(25-17)14-11-18(24)23(12-14)16-4-2-1-3-5-16/h1-9,14H,10-12H2/t14-/m0/s1. The summed E-state index contributed by atoms with van der Waals surface area (Å²) in [5.74, 6) is 1.08. The zero-order valence-electron chi connectivity index (χ0n) is 13.4. The first-order valence-corrected chi connectivity index (χ1v) is 8.49. The zero-order valence-corrected chi connectivity index (χ0v) is 14.2. The predicted molar refractivity (Wildman–Crippen MR) is 94.7 cm³/mol. The number of halogens is 1. The molecular formula is C19H16ClN3O2. The van der Waals surface area contributed by atoms with E-state index in [4.69, 9.17) is 16.0 Å². The summed E-state index contributed by atoms with van der Waals surface area (Å²) in [6, 6.07) is 17.2. The van der Waals surface area contributed by atoms with E-state index in [1.54, 1.807) is 4.90 Å². The van der Waals surface area contributed by atoms with E-state index in [0.717, 1.165) is 11.3 Å². The molecule has 2 aromatic carbocycles. The topological polar surface area (TPSA) is 59.2 Å². The van der Waals surface area contributed by atoms with Crippen LogP contribution < -0.4 is 4.90 Å². The van der Waals surface area contributed by atoms with Gasteiger partial charge in [0.2, 0.25) is 17.7 Å². The molecule has 2 heterocycles. The molecule has 3 aromatic rings. The predicted octanol–water partition coefficient (Wildman–Crippen LogP) is 3.83. The highest BCUT2D eigenvalue weighted by Crippen LogP contribution is 2.31. The normalized spacial score (nSPS) is 17.2. The Morgan fingerprint density at radius 2 is 1.84 bits per heavy atom. The van der Waals surface area contributed by atoms with Crippen molar-refractivity contribution in [1.82, 2.24) is 10.2 Å². The van der Waals surface area contributed by atoms with Gasteiger partial charge in [0.15, 0.2) is 0 Å². The van der Waals surface area contributed by atoms with E-state index in [-0.39, 0.29) is 11.8 Å². The smallest absolute Gasteiger partial charge is 0.227 e. The molecule has 1 aromatic heterocycles. The molecule has 1 aliphatic heterocycles. The summed E-state index contributed by atoms with van der Waals surface area (Å²) < 4.78 is 5.80. The third kappa shape index (κ3) is 3.42. The molecule has 0 bridgehead atoms. The summed E-state index contributed by atoms with van der Waals surface area (Å²) in [7, 11) is 0. The summed E-state index contributed by atoms with van der Waals surface area (Å²) in [6.07, 6.45) is 0.935. The number of carbonyl (C=O) groups is 1. The van der Waals surface area contributed by atoms with E-state index in [0.29, 0.717) is 36.2 Å². The molecule has 0 unspecified atom stereocenters. The number of aromatic nitrogens is 2. The van der Waals surface area contributed by atoms with Gasteiger partial charge in [-0.1, -0.05) is 41.9 Å². The second-order valence-electron chi connectivity index (χ2n) is 6.08. The van der Waals surface area contributed by atoms with Crippen LogP contribution in [0.25, 0.3) is 0 Å². The van der Waals surface area contributed by atoms with Gasteiger partial charge in [0.05, 0.1) is 12.3 Å². The molecule has 1 saturated heterocycles. The number of benzene rings is 2. The molecular weight excluding hydrogens is 338 g/mol. The van der Waals surface area contributed by atoms with Gasteiger partial charge in [-0.05, 0) is 29.8 Å². The number of amides is 1. The Labute approximate surface area is 150 Å². The first-order valence-electron chi connectivity index (χ1n) is 8.11. The summed E-state index contributed by atoms with van der Waals surface area (Å²) in [4.78, 5) is 14.1. The van der Waals surface area contributed by atoms with Crippen LogP contribution in [0.5, 0.6) is 0 Å². The number of carbonyl (C=O) groups excluding carboxylic acids is 1. The highest BCUT2D eigenvalue weighted by Gasteiger charge is 2.34. The van der Waals surface area contributed by atoms with Gasteiger partial charge >= 0.3 is 0 Å². The SMILES string of the molecule is O=C1C[C@H](c2nnc(Cc3ccc(Cl)cc3)o2)CN1c1ccccc1. The largest absolute Gasteiger partial charge is 0.425 e. The van der Waals surface area contributed by atoms with Crippen LogP contribution in [-0.4, -0.2) is 22.6 Å². The average Bonchev–Trinajstić information content (AvgIpc) is 3.24. The molecule has 5 nitrogen and oxygen atoms in total. The number of para-hydroxylation sites is 1. The van der Waals surface area contributed by atoms with Crippen molar-refractivity contribution in [1.29, 1.82) is 0 Å². The minimum atomic E-state index is -0.0702. The molecule has 1 fully saturated rings. The first kappa shape index (κ1) is 15.8. The summed E-state index contributed by atoms with van der Waals surface area (Å²) >= 11 is 5.89. The Hall–Kier alpha value is -2.66. The van der Waals surface area contributed by atoms with Gasteiger partial charge in [-0.25, -0.2) is 0 Å². The van der Waals surface area contributed by atoms with Crippen LogP contribution in [0, 0.1) is 0 Å². The zero-order chi connectivity index (χ0) is 17.2. The summed E-state index contributed by atoms with van der Waals surface area (Å²) in [5, 5.41) is 8.97. The van der Waals surface area contributed by atoms with E-state index in [9.17, 15) is 4.79 Å². The molecule has 4 rings (SSSR count). The molecule has 0 spiro atoms. The summed E-state index contributed by atoms with van der Waals surface area (Å²) in [6.45, 7) is 0.561. The van der Waals surface area contributed by atoms with Crippen LogP contribution >= 0.6 is 11.6 Å². The fourth-order valence-electron chi connectivity index (χ4n) is 3.01. The monoisotopic (exact) mass is 353 g/mol. The van der Waals surface area contributed by atoms with Crippen molar-refractivity contribution in [2.45, 2.75) is 18.8 Å². The van der Waals surface area contributed by atoms with Crippen molar-refractivity contribution in [2.75, 3.05) is 11.4 Å². The molecule has 1 amide bonds. The Kier molecular flexibility index (Phi) is 4.24. The minimum Gasteiger partial charge on any atom is -0.425 e. The highest BCUT2D eigenvalue weighted by molar-refractivity contribution is 6.30. The molecule has 0 N–H and O–H groups in total. The maximum absolute atomic E-state index is 12.3. The Morgan fingerprint density at radius 3 is 2.60 bits per heavy atom. The molecule has 25 heavy (non-hydrogen) atoms. The van der Waals surface area contributed by atoms with E-state index in [1.165, 1.54) is 0 Å². The quantitative estimate of drug-likeness (QED) is 0.715. The van der Waals surface area contributed by atoms with E-state index >= 15 is 0 Å². The number of hydrogen-bond donors (Lipinski definition) is 0. The summed E-state index contributed by atoms with van der Waals surface area (Å²) in [5.41, 5.74) is 1.95. The van der Waals surface area contributed by atoms with Crippen molar-refractivity contribution in [3.63, 3.8) is 0 Å². The average molecular weight is 354 g/mol. The lowest BCUT2D eigenvalue weighted by atomic mass is 10.1. The lowest BCUT2D eigenvalue weighted by Crippen LogP contribution is -2.24. The fourth-order valence-corrected chi connectivity index (χ4v) is 3.14. The number of anilines is 1. The molecule has 0 radical (unpaired) electrons. The van der Waals surface area contributed by atoms with Crippen molar-refractivity contribution < 1.29 is 9.21 Å². The van der Waals surface area contributed by atoms with Crippen LogP contribution in [0.4, 0.5) is 5.69 Å². The van der Waals surface area contributed by atoms with Crippen molar-refractivity contribution >= 4 is 23.2 Å². The van der Waals surface area contributed by atoms with Gasteiger partial charge in [0.1, 0.15) is 0 Å². The van der Waals surface area contributed by atoms with Gasteiger partial charge in [-0.2, -0.15) is 0 Å². The molecule has 1 aliphatic rings. The number of rotatable bonds is 4. The molecule has 0 saturated carbocycles. The maximum atomic E-state index is 12.3. The second kappa shape index (κ2) is 6.69. The minimum absolute atomic E-state index is 0.0702. The Bertz CT molecular complexity index is 877. The first-order chi connectivity index (χ1) is 12.2. The van der Waals surface area contributed by atoms with E-state index in [2.05, 4.69) is 10.2 Å². The van der Waals surface area contributed by atoms with Crippen molar-refractivity contribution in [3.8, 4) is 0 Å². The van der Waals surface area contributed by atoms with Gasteiger partial charge in [0.25, 0.3) is 0 Å². The number of nitrogens with zero attached hydrogens (tertiary/aromatic N) is 3. The highest BCUT2D eigenvalue weighted by atomic mass is 35.5. The van der Waals surface area contributed by atoms with Gasteiger partial charge in [-0.15, -0.1) is 10.2 Å². The third-order valence-corrected chi connectivity index (χ3v) is 4.55. The second-order valence-corrected chi connectivity index (χ2v) is 6.51. The van der Waals surface area contributed by atoms with Gasteiger partial charge in [0, 0.05) is 23.7 Å². The van der Waals surface area contributed by atoms with Crippen LogP contribution in [-0.2, 0) is 11.2 Å². The Balaban J connectivity index is 1.47. The van der Waals surface area contributed by atoms with Crippen molar-refractivity contribution in [3.05, 3.63) is 77.0 Å². The fraction of sp³-hybridized carbons (Fsp3) is 0.211. The van der Waals surface area contributed by atoms with Gasteiger partial charge in [-0.3, -0.25) is 4.79 Å². The molecule has 0 aliphatic carbocycles. The lowest BCUT2D eigenvalue weighted by molar-refractivity contribution is -0.117. The van der Waals surface area contributed by atoms with Crippen LogP contribution in [0.2, 0.25) is 5.02 Å². The van der Waals surface area contributed by atoms with Crippen LogP contribution in [0.15, 0.2) is 59.0 Å².